The van der Waals surface area contributed by atoms with E-state index >= 15 is 0 Å². The smallest absolute Gasteiger partial charge is 0.248 e. The highest BCUT2D eigenvalue weighted by Gasteiger charge is 2.34. The van der Waals surface area contributed by atoms with E-state index in [9.17, 15) is 26.4 Å². The number of rotatable bonds is 8. The molecule has 3 rings (SSSR count). The van der Waals surface area contributed by atoms with Crippen LogP contribution >= 0.6 is 11.3 Å². The van der Waals surface area contributed by atoms with Crippen molar-refractivity contribution in [2.24, 2.45) is 10.9 Å². The normalized spacial score (nSPS) is 13.1. The third kappa shape index (κ3) is 5.68. The van der Waals surface area contributed by atoms with E-state index in [2.05, 4.69) is 10.3 Å². The van der Waals surface area contributed by atoms with E-state index < -0.39 is 42.7 Å². The molecule has 0 fully saturated rings. The van der Waals surface area contributed by atoms with Crippen molar-refractivity contribution in [3.63, 3.8) is 0 Å². The van der Waals surface area contributed by atoms with Crippen LogP contribution in [0, 0.1) is 0 Å². The fourth-order valence-corrected chi connectivity index (χ4v) is 5.89. The van der Waals surface area contributed by atoms with Gasteiger partial charge in [-0.25, -0.2) is 27.0 Å². The summed E-state index contributed by atoms with van der Waals surface area (Å²) in [6.45, 7) is -0.319. The summed E-state index contributed by atoms with van der Waals surface area (Å²) in [5, 5.41) is 5.67. The number of sulfone groups is 1. The highest BCUT2D eigenvalue weighted by Crippen LogP contribution is 2.33. The van der Waals surface area contributed by atoms with Crippen LogP contribution in [-0.2, 0) is 24.7 Å². The molecule has 2 amide bonds. The molecular weight excluding hydrogens is 476 g/mol. The summed E-state index contributed by atoms with van der Waals surface area (Å²) in [5.41, 5.74) is 7.75. The maximum Gasteiger partial charge on any atom is 0.248 e. The van der Waals surface area contributed by atoms with Gasteiger partial charge in [0.15, 0.2) is 15.1 Å². The molecule has 1 atom stereocenters. The summed E-state index contributed by atoms with van der Waals surface area (Å²) < 4.78 is 47.4. The Morgan fingerprint density at radius 2 is 1.69 bits per heavy atom. The van der Waals surface area contributed by atoms with E-state index in [1.54, 1.807) is 42.5 Å². The zero-order chi connectivity index (χ0) is 23.7. The number of amides is 2. The number of carbonyl (C=O) groups excluding carboxylic acids is 2. The molecule has 13 heteroatoms. The summed E-state index contributed by atoms with van der Waals surface area (Å²) >= 11 is 1.05. The highest BCUT2D eigenvalue weighted by molar-refractivity contribution is 7.91. The highest BCUT2D eigenvalue weighted by atomic mass is 32.2. The van der Waals surface area contributed by atoms with Crippen LogP contribution in [0.2, 0.25) is 0 Å². The Morgan fingerprint density at radius 1 is 1.06 bits per heavy atom. The van der Waals surface area contributed by atoms with Crippen molar-refractivity contribution in [2.75, 3.05) is 18.6 Å². The maximum atomic E-state index is 12.5. The van der Waals surface area contributed by atoms with Crippen molar-refractivity contribution in [3.05, 3.63) is 53.0 Å². The quantitative estimate of drug-likeness (QED) is 0.407. The Labute approximate surface area is 188 Å². The van der Waals surface area contributed by atoms with Crippen molar-refractivity contribution in [3.8, 4) is 11.1 Å². The summed E-state index contributed by atoms with van der Waals surface area (Å²) in [6, 6.07) is 12.0. The van der Waals surface area contributed by atoms with E-state index in [0.29, 0.717) is 15.8 Å². The first-order valence-electron chi connectivity index (χ1n) is 9.13. The van der Waals surface area contributed by atoms with Crippen molar-refractivity contribution in [1.29, 1.82) is 0 Å². The lowest BCUT2D eigenvalue weighted by molar-refractivity contribution is -0.120. The van der Waals surface area contributed by atoms with Crippen LogP contribution in [0.3, 0.4) is 0 Å². The van der Waals surface area contributed by atoms with E-state index in [4.69, 9.17) is 10.9 Å². The van der Waals surface area contributed by atoms with Gasteiger partial charge in [0.2, 0.25) is 21.8 Å². The van der Waals surface area contributed by atoms with Crippen molar-refractivity contribution in [2.45, 2.75) is 5.25 Å². The Bertz CT molecular complexity index is 1400. The lowest BCUT2D eigenvalue weighted by Crippen LogP contribution is -2.37. The molecule has 1 heterocycles. The molecular formula is C19H20N4O6S3. The first-order chi connectivity index (χ1) is 14.8. The Kier molecular flexibility index (Phi) is 6.64. The lowest BCUT2D eigenvalue weighted by atomic mass is 10.0. The molecule has 0 spiro atoms. The second kappa shape index (κ2) is 8.94. The summed E-state index contributed by atoms with van der Waals surface area (Å²) in [6.07, 6.45) is 0.911. The molecule has 170 valence electrons. The minimum Gasteiger partial charge on any atom is -0.366 e. The number of sulfonamides is 1. The predicted octanol–water partition coefficient (Wildman–Crippen LogP) is 0.553. The fourth-order valence-electron chi connectivity index (χ4n) is 2.96. The first-order valence-corrected chi connectivity index (χ1v) is 13.6. The number of carbonyl (C=O) groups is 2. The molecule has 0 aliphatic rings. The Morgan fingerprint density at radius 3 is 2.25 bits per heavy atom. The Balaban J connectivity index is 1.92. The Hall–Kier alpha value is -2.87. The number of primary sulfonamides is 1. The molecule has 1 aromatic heterocycles. The van der Waals surface area contributed by atoms with Gasteiger partial charge in [-0.05, 0) is 35.4 Å². The lowest BCUT2D eigenvalue weighted by Gasteiger charge is -2.12. The maximum absolute atomic E-state index is 12.5. The summed E-state index contributed by atoms with van der Waals surface area (Å²) in [5.74, 6) is -1.93. The molecule has 10 nitrogen and oxygen atoms in total. The topological polar surface area (TPSA) is 179 Å². The number of benzene rings is 2. The largest absolute Gasteiger partial charge is 0.366 e. The van der Waals surface area contributed by atoms with Gasteiger partial charge in [0.05, 0.1) is 16.0 Å². The van der Waals surface area contributed by atoms with E-state index in [0.717, 1.165) is 28.7 Å². The molecule has 32 heavy (non-hydrogen) atoms. The third-order valence-corrected chi connectivity index (χ3v) is 7.78. The van der Waals surface area contributed by atoms with Gasteiger partial charge in [-0.1, -0.05) is 18.2 Å². The van der Waals surface area contributed by atoms with Crippen LogP contribution in [0.5, 0.6) is 0 Å². The van der Waals surface area contributed by atoms with E-state index in [1.807, 2.05) is 0 Å². The molecule has 0 saturated carbocycles. The van der Waals surface area contributed by atoms with Crippen LogP contribution < -0.4 is 16.2 Å². The van der Waals surface area contributed by atoms with Crippen molar-refractivity contribution in [1.82, 2.24) is 10.3 Å². The standard InChI is InChI=1S/C19H20N4O6S3/c1-31(26,27)16(18(25)22-8-9-32(21,28)29)19-23-14-7-6-13(10-15(14)30-19)11-2-4-12(5-3-11)17(20)24/h2-7,10,16H,8-9H2,1H3,(H2,20,24)(H,22,25)(H2,21,28,29). The minimum absolute atomic E-state index is 0.0665. The van der Waals surface area contributed by atoms with Gasteiger partial charge >= 0.3 is 0 Å². The number of nitrogens with one attached hydrogen (secondary N) is 1. The van der Waals surface area contributed by atoms with E-state index in [1.165, 1.54) is 0 Å². The number of nitrogens with zero attached hydrogens (tertiary/aromatic N) is 1. The van der Waals surface area contributed by atoms with Gasteiger partial charge in [-0.2, -0.15) is 0 Å². The number of aromatic nitrogens is 1. The van der Waals surface area contributed by atoms with Gasteiger partial charge < -0.3 is 11.1 Å². The van der Waals surface area contributed by atoms with Gasteiger partial charge in [0.25, 0.3) is 0 Å². The fraction of sp³-hybridized carbons (Fsp3) is 0.211. The SMILES string of the molecule is CS(=O)(=O)C(C(=O)NCCS(N)(=O)=O)c1nc2ccc(-c3ccc(C(N)=O)cc3)cc2s1. The molecule has 5 N–H and O–H groups in total. The monoisotopic (exact) mass is 496 g/mol. The van der Waals surface area contributed by atoms with Gasteiger partial charge in [-0.15, -0.1) is 11.3 Å². The number of fused-ring (bicyclic) bond motifs is 1. The molecule has 0 aliphatic carbocycles. The van der Waals surface area contributed by atoms with Gasteiger partial charge in [0, 0.05) is 18.4 Å². The van der Waals surface area contributed by atoms with Gasteiger partial charge in [0.1, 0.15) is 5.01 Å². The van der Waals surface area contributed by atoms with Crippen LogP contribution in [0.4, 0.5) is 0 Å². The van der Waals surface area contributed by atoms with E-state index in [-0.39, 0.29) is 11.6 Å². The zero-order valence-corrected chi connectivity index (χ0v) is 19.3. The van der Waals surface area contributed by atoms with Gasteiger partial charge in [-0.3, -0.25) is 9.59 Å². The minimum atomic E-state index is -3.89. The average molecular weight is 497 g/mol. The third-order valence-electron chi connectivity index (χ3n) is 4.48. The number of primary amides is 1. The zero-order valence-electron chi connectivity index (χ0n) is 16.8. The first kappa shape index (κ1) is 23.8. The summed E-state index contributed by atoms with van der Waals surface area (Å²) in [4.78, 5) is 28.1. The second-order valence-corrected chi connectivity index (χ2v) is 12.0. The number of hydrogen-bond donors (Lipinski definition) is 3. The van der Waals surface area contributed by atoms with Crippen molar-refractivity contribution >= 4 is 53.2 Å². The van der Waals surface area contributed by atoms with Crippen LogP contribution in [0.15, 0.2) is 42.5 Å². The van der Waals surface area contributed by atoms with Crippen LogP contribution in [0.25, 0.3) is 21.3 Å². The second-order valence-electron chi connectivity index (χ2n) is 7.04. The average Bonchev–Trinajstić information content (AvgIpc) is 3.08. The summed E-state index contributed by atoms with van der Waals surface area (Å²) in [7, 11) is -7.70. The number of thiazole rings is 1. The van der Waals surface area contributed by atoms with Crippen LogP contribution in [0.1, 0.15) is 20.6 Å². The molecule has 3 aromatic rings. The van der Waals surface area contributed by atoms with Crippen LogP contribution in [-0.4, -0.2) is 52.2 Å². The molecule has 0 saturated heterocycles. The molecule has 0 bridgehead atoms. The van der Waals surface area contributed by atoms with Crippen molar-refractivity contribution < 1.29 is 26.4 Å². The molecule has 1 unspecified atom stereocenters. The molecule has 0 aliphatic heterocycles. The molecule has 0 radical (unpaired) electrons. The number of hydrogen-bond acceptors (Lipinski definition) is 8. The number of nitrogens with two attached hydrogens (primary N) is 2. The predicted molar refractivity (Wildman–Crippen MR) is 122 cm³/mol. The molecule has 2 aromatic carbocycles.